The molecule has 1 aliphatic rings. The number of nitrogens with zero attached hydrogens (tertiary/aromatic N) is 4. The predicted molar refractivity (Wildman–Crippen MR) is 70.8 cm³/mol. The highest BCUT2D eigenvalue weighted by atomic mass is 127. The molecule has 0 aromatic carbocycles. The maximum absolute atomic E-state index is 4.07. The van der Waals surface area contributed by atoms with Gasteiger partial charge < -0.3 is 0 Å². The van der Waals surface area contributed by atoms with E-state index >= 15 is 0 Å². The van der Waals surface area contributed by atoms with Gasteiger partial charge in [0.15, 0.2) is 16.2 Å². The van der Waals surface area contributed by atoms with Crippen molar-refractivity contribution in [2.75, 3.05) is 0 Å². The van der Waals surface area contributed by atoms with E-state index in [0.29, 0.717) is 0 Å². The van der Waals surface area contributed by atoms with E-state index in [-0.39, 0.29) is 0 Å². The normalized spacial score (nSPS) is 15.0. The third-order valence-electron chi connectivity index (χ3n) is 1.60. The van der Waals surface area contributed by atoms with Gasteiger partial charge >= 0.3 is 0 Å². The van der Waals surface area contributed by atoms with Crippen LogP contribution in [0.1, 0.15) is 0 Å². The second-order valence-electron chi connectivity index (χ2n) is 2.46. The zero-order chi connectivity index (χ0) is 9.97. The van der Waals surface area contributed by atoms with E-state index in [2.05, 4.69) is 61.3 Å². The second kappa shape index (κ2) is 4.37. The fourth-order valence-electron chi connectivity index (χ4n) is 0.999. The van der Waals surface area contributed by atoms with Gasteiger partial charge in [-0.3, -0.25) is 0 Å². The summed E-state index contributed by atoms with van der Waals surface area (Å²) in [5.74, 6) is 3.77. The van der Waals surface area contributed by atoms with E-state index in [1.807, 2.05) is 13.4 Å². The first-order valence-corrected chi connectivity index (χ1v) is 5.79. The summed E-state index contributed by atoms with van der Waals surface area (Å²) in [6.07, 6.45) is 8.97. The smallest absolute Gasteiger partial charge is 0.219 e. The van der Waals surface area contributed by atoms with Gasteiger partial charge in [0.05, 0.1) is 6.20 Å². The number of allylic oxidation sites excluding steroid dienone is 1. The Bertz CT molecular complexity index is 477. The Labute approximate surface area is 108 Å². The Morgan fingerprint density at radius 3 is 3.07 bits per heavy atom. The number of aliphatic imine (C=N–C) groups is 1. The maximum atomic E-state index is 4.07. The Balaban J connectivity index is 2.55. The van der Waals surface area contributed by atoms with Crippen LogP contribution in [0.4, 0.5) is 0 Å². The van der Waals surface area contributed by atoms with Crippen LogP contribution in [0.15, 0.2) is 36.0 Å². The van der Waals surface area contributed by atoms with Crippen LogP contribution < -0.4 is 0 Å². The van der Waals surface area contributed by atoms with Crippen molar-refractivity contribution < 1.29 is 2.79 Å². The Hall–Kier alpha value is -0.470. The van der Waals surface area contributed by atoms with Crippen LogP contribution in [0.3, 0.4) is 0 Å². The van der Waals surface area contributed by atoms with E-state index in [1.165, 1.54) is 0 Å². The molecule has 0 spiro atoms. The molecule has 0 saturated heterocycles. The van der Waals surface area contributed by atoms with Crippen molar-refractivity contribution in [1.29, 1.82) is 0 Å². The largest absolute Gasteiger partial charge is 0.298 e. The lowest BCUT2D eigenvalue weighted by atomic mass is 10.5. The van der Waals surface area contributed by atoms with E-state index in [4.69, 9.17) is 0 Å². The van der Waals surface area contributed by atoms with Crippen LogP contribution in [-0.4, -0.2) is 24.0 Å². The Morgan fingerprint density at radius 2 is 2.36 bits per heavy atom. The molecule has 2 rings (SSSR count). The van der Waals surface area contributed by atoms with Crippen molar-refractivity contribution in [3.05, 3.63) is 34.7 Å². The summed E-state index contributed by atoms with van der Waals surface area (Å²) in [4.78, 5) is 7.99. The molecule has 1 aromatic rings. The molecule has 1 aliphatic heterocycles. The minimum Gasteiger partial charge on any atom is -0.219 e. The van der Waals surface area contributed by atoms with Crippen LogP contribution in [0.5, 0.6) is 0 Å². The molecule has 2 heterocycles. The van der Waals surface area contributed by atoms with Gasteiger partial charge in [0.25, 0.3) is 5.84 Å². The molecular formula is C8H5I2N4+. The van der Waals surface area contributed by atoms with Crippen molar-refractivity contribution in [1.82, 2.24) is 9.55 Å². The Kier molecular flexibility index (Phi) is 3.14. The molecule has 0 atom stereocenters. The minimum atomic E-state index is 0.987. The van der Waals surface area contributed by atoms with Crippen LogP contribution in [0, 0.1) is 3.70 Å². The first-order valence-electron chi connectivity index (χ1n) is 3.74. The fourth-order valence-corrected chi connectivity index (χ4v) is 2.05. The van der Waals surface area contributed by atoms with Crippen LogP contribution in [0.25, 0.3) is 0 Å². The molecule has 0 aliphatic carbocycles. The number of rotatable bonds is 0. The SMILES string of the molecule is Ic1cncn1C1=[N+](I)C=C=NC=C1. The predicted octanol–water partition coefficient (Wildman–Crippen LogP) is 1.81. The Morgan fingerprint density at radius 1 is 1.50 bits per heavy atom. The maximum Gasteiger partial charge on any atom is 0.298 e. The van der Waals surface area contributed by atoms with Gasteiger partial charge in [-0.2, -0.15) is 7.36 Å². The standard InChI is InChI=1S/C8H5I2N4/c9-7-5-12-6-13(7)8-1-2-11-3-4-14(8)10/h1-2,4-6H/q+1. The lowest BCUT2D eigenvalue weighted by molar-refractivity contribution is -0.199. The summed E-state index contributed by atoms with van der Waals surface area (Å²) < 4.78 is 4.94. The molecule has 4 nitrogen and oxygen atoms in total. The van der Waals surface area contributed by atoms with Crippen molar-refractivity contribution >= 4 is 57.2 Å². The zero-order valence-corrected chi connectivity index (χ0v) is 11.2. The molecule has 0 unspecified atom stereocenters. The zero-order valence-electron chi connectivity index (χ0n) is 6.93. The third kappa shape index (κ3) is 1.96. The minimum absolute atomic E-state index is 0.987. The van der Waals surface area contributed by atoms with Gasteiger partial charge in [0, 0.05) is 40.7 Å². The molecule has 0 fully saturated rings. The summed E-state index contributed by atoms with van der Waals surface area (Å²) in [7, 11) is 0. The average molecular weight is 411 g/mol. The van der Waals surface area contributed by atoms with Crippen molar-refractivity contribution in [3.63, 3.8) is 0 Å². The van der Waals surface area contributed by atoms with Gasteiger partial charge in [0.2, 0.25) is 22.9 Å². The lowest BCUT2D eigenvalue weighted by Gasteiger charge is -1.96. The molecule has 1 aromatic heterocycles. The molecule has 0 N–H and O–H groups in total. The van der Waals surface area contributed by atoms with E-state index < -0.39 is 0 Å². The molecule has 0 radical (unpaired) electrons. The van der Waals surface area contributed by atoms with Gasteiger partial charge in [-0.15, -0.1) is 0 Å². The molecule has 0 saturated carbocycles. The molecule has 70 valence electrons. The van der Waals surface area contributed by atoms with E-state index in [1.54, 1.807) is 24.9 Å². The van der Waals surface area contributed by atoms with Crippen LogP contribution >= 0.6 is 45.5 Å². The van der Waals surface area contributed by atoms with Gasteiger partial charge in [-0.05, 0) is 0 Å². The van der Waals surface area contributed by atoms with Crippen molar-refractivity contribution in [3.8, 4) is 0 Å². The average Bonchev–Trinajstić information content (AvgIpc) is 2.46. The summed E-state index contributed by atoms with van der Waals surface area (Å²) in [5.41, 5.74) is 0. The molecule has 6 heteroatoms. The summed E-state index contributed by atoms with van der Waals surface area (Å²) >= 11 is 4.41. The first-order chi connectivity index (χ1) is 6.79. The second-order valence-corrected chi connectivity index (χ2v) is 4.60. The highest BCUT2D eigenvalue weighted by Crippen LogP contribution is 2.06. The fraction of sp³-hybridized carbons (Fsp3) is 0. The van der Waals surface area contributed by atoms with Gasteiger partial charge in [-0.1, -0.05) is 0 Å². The quantitative estimate of drug-likeness (QED) is 0.474. The number of imidazole rings is 1. The van der Waals surface area contributed by atoms with Gasteiger partial charge in [0.1, 0.15) is 0 Å². The lowest BCUT2D eigenvalue weighted by Crippen LogP contribution is -2.16. The molecular weight excluding hydrogens is 406 g/mol. The van der Waals surface area contributed by atoms with Gasteiger partial charge in [-0.25, -0.2) is 9.98 Å². The summed E-state index contributed by atoms with van der Waals surface area (Å²) in [5, 5.41) is 0. The van der Waals surface area contributed by atoms with Crippen molar-refractivity contribution in [2.24, 2.45) is 4.99 Å². The molecule has 0 bridgehead atoms. The highest BCUT2D eigenvalue weighted by Gasteiger charge is 2.15. The summed E-state index contributed by atoms with van der Waals surface area (Å²) in [6.45, 7) is 0. The number of hydrogen-bond acceptors (Lipinski definition) is 2. The topological polar surface area (TPSA) is 33.2 Å². The molecule has 14 heavy (non-hydrogen) atoms. The highest BCUT2D eigenvalue weighted by molar-refractivity contribution is 14.1. The summed E-state index contributed by atoms with van der Waals surface area (Å²) in [6, 6.07) is 0. The van der Waals surface area contributed by atoms with E-state index in [9.17, 15) is 0 Å². The van der Waals surface area contributed by atoms with E-state index in [0.717, 1.165) is 9.54 Å². The monoisotopic (exact) mass is 411 g/mol. The first kappa shape index (κ1) is 10.1. The van der Waals surface area contributed by atoms with Crippen LogP contribution in [-0.2, 0) is 0 Å². The van der Waals surface area contributed by atoms with Crippen LogP contribution in [0.2, 0.25) is 0 Å². The number of hydrogen-bond donors (Lipinski definition) is 0. The third-order valence-corrected chi connectivity index (χ3v) is 3.17. The van der Waals surface area contributed by atoms with Crippen molar-refractivity contribution in [2.45, 2.75) is 0 Å². The molecule has 0 amide bonds. The number of aromatic nitrogens is 2. The number of halogens is 2.